The molecular formula is C13H12F3N3O. The van der Waals surface area contributed by atoms with Gasteiger partial charge in [0, 0.05) is 6.20 Å². The number of hydrogen-bond donors (Lipinski definition) is 1. The van der Waals surface area contributed by atoms with E-state index in [0.29, 0.717) is 11.3 Å². The number of alkyl halides is 2. The van der Waals surface area contributed by atoms with Crippen LogP contribution in [0.2, 0.25) is 0 Å². The normalized spacial score (nSPS) is 10.8. The molecule has 0 saturated heterocycles. The summed E-state index contributed by atoms with van der Waals surface area (Å²) < 4.78 is 38.3. The summed E-state index contributed by atoms with van der Waals surface area (Å²) in [6.45, 7) is -0.528. The first-order chi connectivity index (χ1) is 9.52. The minimum atomic E-state index is -2.51. The minimum absolute atomic E-state index is 0.00220. The Bertz CT molecular complexity index is 598. The van der Waals surface area contributed by atoms with Gasteiger partial charge in [0.15, 0.2) is 0 Å². The number of nitrogens with zero attached hydrogens (tertiary/aromatic N) is 2. The van der Waals surface area contributed by atoms with Crippen molar-refractivity contribution in [2.75, 3.05) is 5.32 Å². The highest BCUT2D eigenvalue weighted by Crippen LogP contribution is 2.09. The van der Waals surface area contributed by atoms with Crippen LogP contribution >= 0.6 is 0 Å². The van der Waals surface area contributed by atoms with Crippen LogP contribution in [-0.2, 0) is 17.8 Å². The van der Waals surface area contributed by atoms with Gasteiger partial charge < -0.3 is 5.32 Å². The zero-order valence-corrected chi connectivity index (χ0v) is 10.4. The molecule has 1 heterocycles. The number of amides is 1. The SMILES string of the molecule is O=C(Cc1cccc(F)c1)Nc1cnn(CC(F)F)c1. The predicted molar refractivity (Wildman–Crippen MR) is 67.0 cm³/mol. The molecule has 2 rings (SSSR count). The van der Waals surface area contributed by atoms with Crippen molar-refractivity contribution in [2.45, 2.75) is 19.4 Å². The Labute approximate surface area is 113 Å². The summed E-state index contributed by atoms with van der Waals surface area (Å²) >= 11 is 0. The number of nitrogens with one attached hydrogen (secondary N) is 1. The van der Waals surface area contributed by atoms with Gasteiger partial charge in [-0.15, -0.1) is 0 Å². The monoisotopic (exact) mass is 283 g/mol. The van der Waals surface area contributed by atoms with Crippen molar-refractivity contribution in [1.82, 2.24) is 9.78 Å². The number of anilines is 1. The fraction of sp³-hybridized carbons (Fsp3) is 0.231. The van der Waals surface area contributed by atoms with Crippen LogP contribution in [-0.4, -0.2) is 22.1 Å². The lowest BCUT2D eigenvalue weighted by Gasteiger charge is -2.03. The second kappa shape index (κ2) is 6.23. The zero-order chi connectivity index (χ0) is 14.5. The molecule has 4 nitrogen and oxygen atoms in total. The highest BCUT2D eigenvalue weighted by molar-refractivity contribution is 5.91. The topological polar surface area (TPSA) is 46.9 Å². The van der Waals surface area contributed by atoms with Crippen LogP contribution in [0.1, 0.15) is 5.56 Å². The smallest absolute Gasteiger partial charge is 0.257 e. The van der Waals surface area contributed by atoms with Gasteiger partial charge in [-0.25, -0.2) is 13.2 Å². The molecule has 2 aromatic rings. The van der Waals surface area contributed by atoms with Crippen LogP contribution < -0.4 is 5.32 Å². The summed E-state index contributed by atoms with van der Waals surface area (Å²) in [5.74, 6) is -0.785. The number of rotatable bonds is 5. The molecule has 0 aliphatic rings. The summed E-state index contributed by atoms with van der Waals surface area (Å²) in [5, 5.41) is 6.21. The standard InChI is InChI=1S/C13H12F3N3O/c14-10-3-1-2-9(4-10)5-13(20)18-11-6-17-19(7-11)8-12(15)16/h1-4,6-7,12H,5,8H2,(H,18,20). The first-order valence-corrected chi connectivity index (χ1v) is 5.88. The van der Waals surface area contributed by atoms with E-state index in [2.05, 4.69) is 10.4 Å². The van der Waals surface area contributed by atoms with Crippen LogP contribution in [0, 0.1) is 5.82 Å². The Hall–Kier alpha value is -2.31. The molecule has 1 N–H and O–H groups in total. The lowest BCUT2D eigenvalue weighted by Crippen LogP contribution is -2.14. The summed E-state index contributed by atoms with van der Waals surface area (Å²) in [6, 6.07) is 5.69. The molecule has 0 atom stereocenters. The van der Waals surface area contributed by atoms with Gasteiger partial charge in [0.2, 0.25) is 5.91 Å². The van der Waals surface area contributed by atoms with E-state index in [4.69, 9.17) is 0 Å². The molecule has 0 aliphatic carbocycles. The Morgan fingerprint density at radius 1 is 1.40 bits per heavy atom. The summed E-state index contributed by atoms with van der Waals surface area (Å²) in [6.07, 6.45) is 0.0879. The van der Waals surface area contributed by atoms with Crippen LogP contribution in [0.5, 0.6) is 0 Å². The van der Waals surface area contributed by atoms with Crippen LogP contribution in [0.25, 0.3) is 0 Å². The van der Waals surface area contributed by atoms with Crippen molar-refractivity contribution in [3.8, 4) is 0 Å². The van der Waals surface area contributed by atoms with Crippen molar-refractivity contribution in [1.29, 1.82) is 0 Å². The Morgan fingerprint density at radius 2 is 2.20 bits per heavy atom. The van der Waals surface area contributed by atoms with E-state index in [1.807, 2.05) is 0 Å². The van der Waals surface area contributed by atoms with Gasteiger partial charge in [0.05, 0.1) is 18.3 Å². The second-order valence-corrected chi connectivity index (χ2v) is 4.20. The number of hydrogen-bond acceptors (Lipinski definition) is 2. The summed E-state index contributed by atoms with van der Waals surface area (Å²) in [4.78, 5) is 11.7. The highest BCUT2D eigenvalue weighted by atomic mass is 19.3. The second-order valence-electron chi connectivity index (χ2n) is 4.20. The molecule has 20 heavy (non-hydrogen) atoms. The molecule has 0 spiro atoms. The maximum atomic E-state index is 13.0. The molecule has 0 unspecified atom stereocenters. The molecule has 0 fully saturated rings. The number of aromatic nitrogens is 2. The Morgan fingerprint density at radius 3 is 2.90 bits per heavy atom. The molecule has 1 aromatic heterocycles. The Kier molecular flexibility index (Phi) is 4.39. The van der Waals surface area contributed by atoms with Gasteiger partial charge in [0.25, 0.3) is 6.43 Å². The van der Waals surface area contributed by atoms with E-state index in [1.165, 1.54) is 30.6 Å². The Balaban J connectivity index is 1.93. The third kappa shape index (κ3) is 4.11. The number of benzene rings is 1. The quantitative estimate of drug-likeness (QED) is 0.916. The van der Waals surface area contributed by atoms with Crippen molar-refractivity contribution in [3.05, 3.63) is 48.0 Å². The highest BCUT2D eigenvalue weighted by Gasteiger charge is 2.09. The molecule has 0 bridgehead atoms. The third-order valence-electron chi connectivity index (χ3n) is 2.50. The van der Waals surface area contributed by atoms with E-state index < -0.39 is 18.8 Å². The van der Waals surface area contributed by atoms with Crippen molar-refractivity contribution in [3.63, 3.8) is 0 Å². The van der Waals surface area contributed by atoms with Crippen molar-refractivity contribution >= 4 is 11.6 Å². The molecule has 0 radical (unpaired) electrons. The minimum Gasteiger partial charge on any atom is -0.323 e. The summed E-state index contributed by atoms with van der Waals surface area (Å²) in [5.41, 5.74) is 0.856. The first kappa shape index (κ1) is 14.1. The van der Waals surface area contributed by atoms with Crippen LogP contribution in [0.3, 0.4) is 0 Å². The first-order valence-electron chi connectivity index (χ1n) is 5.88. The number of halogens is 3. The number of carbonyl (C=O) groups excluding carboxylic acids is 1. The third-order valence-corrected chi connectivity index (χ3v) is 2.50. The van der Waals surface area contributed by atoms with E-state index in [9.17, 15) is 18.0 Å². The van der Waals surface area contributed by atoms with E-state index in [-0.39, 0.29) is 12.3 Å². The molecule has 106 valence electrons. The van der Waals surface area contributed by atoms with Gasteiger partial charge in [-0.3, -0.25) is 9.48 Å². The van der Waals surface area contributed by atoms with Crippen molar-refractivity contribution in [2.24, 2.45) is 0 Å². The lowest BCUT2D eigenvalue weighted by atomic mass is 10.1. The van der Waals surface area contributed by atoms with E-state index in [1.54, 1.807) is 6.07 Å². The van der Waals surface area contributed by atoms with Gasteiger partial charge in [-0.1, -0.05) is 12.1 Å². The fourth-order valence-corrected chi connectivity index (χ4v) is 1.71. The molecule has 1 amide bonds. The molecule has 7 heteroatoms. The van der Waals surface area contributed by atoms with Crippen molar-refractivity contribution < 1.29 is 18.0 Å². The molecular weight excluding hydrogens is 271 g/mol. The molecule has 0 saturated carbocycles. The zero-order valence-electron chi connectivity index (χ0n) is 10.4. The molecule has 1 aromatic carbocycles. The average Bonchev–Trinajstić information content (AvgIpc) is 2.75. The van der Waals surface area contributed by atoms with Gasteiger partial charge in [-0.2, -0.15) is 5.10 Å². The fourth-order valence-electron chi connectivity index (χ4n) is 1.71. The van der Waals surface area contributed by atoms with E-state index in [0.717, 1.165) is 4.68 Å². The van der Waals surface area contributed by atoms with Crippen LogP contribution in [0.15, 0.2) is 36.7 Å². The van der Waals surface area contributed by atoms with Gasteiger partial charge in [0.1, 0.15) is 12.4 Å². The average molecular weight is 283 g/mol. The van der Waals surface area contributed by atoms with Crippen LogP contribution in [0.4, 0.5) is 18.9 Å². The largest absolute Gasteiger partial charge is 0.323 e. The maximum Gasteiger partial charge on any atom is 0.257 e. The predicted octanol–water partition coefficient (Wildman–Crippen LogP) is 2.47. The maximum absolute atomic E-state index is 13.0. The molecule has 0 aliphatic heterocycles. The van der Waals surface area contributed by atoms with Gasteiger partial charge >= 0.3 is 0 Å². The number of carbonyl (C=O) groups is 1. The summed E-state index contributed by atoms with van der Waals surface area (Å²) in [7, 11) is 0. The van der Waals surface area contributed by atoms with Gasteiger partial charge in [-0.05, 0) is 17.7 Å². The van der Waals surface area contributed by atoms with E-state index >= 15 is 0 Å². The lowest BCUT2D eigenvalue weighted by molar-refractivity contribution is -0.115.